The number of amides is 1. The fourth-order valence-corrected chi connectivity index (χ4v) is 4.24. The van der Waals surface area contributed by atoms with Gasteiger partial charge >= 0.3 is 0 Å². The van der Waals surface area contributed by atoms with E-state index < -0.39 is 10.0 Å². The highest BCUT2D eigenvalue weighted by atomic mass is 32.2. The molecule has 0 aliphatic carbocycles. The van der Waals surface area contributed by atoms with Crippen LogP contribution < -0.4 is 14.4 Å². The standard InChI is InChI=1S/C17H22N2O4S2/c1-5-12(2)18-17(20)16-15(10-11-24-16)19(3)25(21,22)14-8-6-13(23-4)7-9-14/h6-12H,5H2,1-4H3,(H,18,20)/t12-/m1/s1. The van der Waals surface area contributed by atoms with Crippen molar-refractivity contribution in [3.8, 4) is 5.75 Å². The summed E-state index contributed by atoms with van der Waals surface area (Å²) in [4.78, 5) is 12.9. The van der Waals surface area contributed by atoms with Crippen LogP contribution in [0.1, 0.15) is 29.9 Å². The van der Waals surface area contributed by atoms with Crippen LogP contribution in [0.4, 0.5) is 5.69 Å². The Bertz CT molecular complexity index is 829. The van der Waals surface area contributed by atoms with Gasteiger partial charge in [-0.25, -0.2) is 8.42 Å². The third-order valence-corrected chi connectivity index (χ3v) is 6.59. The molecule has 0 saturated heterocycles. The fraction of sp³-hybridized carbons (Fsp3) is 0.353. The molecule has 0 bridgehead atoms. The average molecular weight is 383 g/mol. The number of hydrogen-bond donors (Lipinski definition) is 1. The number of anilines is 1. The molecule has 0 unspecified atom stereocenters. The van der Waals surface area contributed by atoms with Crippen LogP contribution in [0.15, 0.2) is 40.6 Å². The first-order chi connectivity index (χ1) is 11.8. The third-order valence-electron chi connectivity index (χ3n) is 3.90. The number of benzene rings is 1. The lowest BCUT2D eigenvalue weighted by Crippen LogP contribution is -2.33. The summed E-state index contributed by atoms with van der Waals surface area (Å²) in [6.07, 6.45) is 0.798. The van der Waals surface area contributed by atoms with E-state index in [2.05, 4.69) is 5.32 Å². The topological polar surface area (TPSA) is 75.7 Å². The Kier molecular flexibility index (Phi) is 6.07. The fourth-order valence-electron chi connectivity index (χ4n) is 2.15. The SMILES string of the molecule is CC[C@@H](C)NC(=O)c1sccc1N(C)S(=O)(=O)c1ccc(OC)cc1. The molecule has 1 aromatic carbocycles. The van der Waals surface area contributed by atoms with Crippen molar-refractivity contribution in [1.82, 2.24) is 5.32 Å². The average Bonchev–Trinajstić information content (AvgIpc) is 3.10. The summed E-state index contributed by atoms with van der Waals surface area (Å²) < 4.78 is 31.9. The van der Waals surface area contributed by atoms with Crippen molar-refractivity contribution in [1.29, 1.82) is 0 Å². The molecule has 8 heteroatoms. The van der Waals surface area contributed by atoms with Gasteiger partial charge in [-0.1, -0.05) is 6.92 Å². The smallest absolute Gasteiger partial charge is 0.264 e. The van der Waals surface area contributed by atoms with Crippen molar-refractivity contribution in [3.63, 3.8) is 0 Å². The highest BCUT2D eigenvalue weighted by Crippen LogP contribution is 2.30. The van der Waals surface area contributed by atoms with Gasteiger partial charge in [0.05, 0.1) is 17.7 Å². The molecule has 136 valence electrons. The normalized spacial score (nSPS) is 12.5. The minimum absolute atomic E-state index is 0.0194. The van der Waals surface area contributed by atoms with Crippen molar-refractivity contribution in [2.24, 2.45) is 0 Å². The van der Waals surface area contributed by atoms with Crippen LogP contribution in [-0.2, 0) is 10.0 Å². The number of thiophene rings is 1. The first-order valence-corrected chi connectivity index (χ1v) is 10.1. The van der Waals surface area contributed by atoms with E-state index in [1.165, 1.54) is 37.6 Å². The molecule has 25 heavy (non-hydrogen) atoms. The molecular weight excluding hydrogens is 360 g/mol. The molecule has 0 aliphatic heterocycles. The first kappa shape index (κ1) is 19.3. The maximum atomic E-state index is 12.8. The van der Waals surface area contributed by atoms with E-state index >= 15 is 0 Å². The third kappa shape index (κ3) is 4.13. The quantitative estimate of drug-likeness (QED) is 0.798. The van der Waals surface area contributed by atoms with E-state index in [-0.39, 0.29) is 16.8 Å². The van der Waals surface area contributed by atoms with Crippen LogP contribution in [0.2, 0.25) is 0 Å². The monoisotopic (exact) mass is 382 g/mol. The number of hydrogen-bond acceptors (Lipinski definition) is 5. The first-order valence-electron chi connectivity index (χ1n) is 7.82. The second kappa shape index (κ2) is 7.88. The van der Waals surface area contributed by atoms with E-state index in [1.807, 2.05) is 13.8 Å². The Morgan fingerprint density at radius 3 is 2.48 bits per heavy atom. The Morgan fingerprint density at radius 1 is 1.28 bits per heavy atom. The maximum Gasteiger partial charge on any atom is 0.264 e. The lowest BCUT2D eigenvalue weighted by Gasteiger charge is -2.20. The summed E-state index contributed by atoms with van der Waals surface area (Å²) in [5, 5.41) is 4.58. The Hall–Kier alpha value is -2.06. The molecule has 1 N–H and O–H groups in total. The summed E-state index contributed by atoms with van der Waals surface area (Å²) in [6.45, 7) is 3.88. The van der Waals surface area contributed by atoms with Gasteiger partial charge in [0.15, 0.2) is 0 Å². The second-order valence-corrected chi connectivity index (χ2v) is 8.45. The summed E-state index contributed by atoms with van der Waals surface area (Å²) in [6, 6.07) is 7.80. The largest absolute Gasteiger partial charge is 0.497 e. The summed E-state index contributed by atoms with van der Waals surface area (Å²) in [5.74, 6) is 0.307. The van der Waals surface area contributed by atoms with E-state index in [0.29, 0.717) is 16.3 Å². The van der Waals surface area contributed by atoms with Crippen molar-refractivity contribution in [2.45, 2.75) is 31.2 Å². The van der Waals surface area contributed by atoms with E-state index in [0.717, 1.165) is 10.7 Å². The molecular formula is C17H22N2O4S2. The van der Waals surface area contributed by atoms with Crippen LogP contribution in [0.5, 0.6) is 5.75 Å². The lowest BCUT2D eigenvalue weighted by atomic mass is 10.2. The molecule has 0 aliphatic rings. The molecule has 1 heterocycles. The van der Waals surface area contributed by atoms with Crippen LogP contribution in [0.25, 0.3) is 0 Å². The highest BCUT2D eigenvalue weighted by Gasteiger charge is 2.26. The van der Waals surface area contributed by atoms with Gasteiger partial charge in [0.1, 0.15) is 10.6 Å². The molecule has 1 amide bonds. The molecule has 2 rings (SSSR count). The zero-order valence-corrected chi connectivity index (χ0v) is 16.3. The highest BCUT2D eigenvalue weighted by molar-refractivity contribution is 7.92. The number of nitrogens with zero attached hydrogens (tertiary/aromatic N) is 1. The van der Waals surface area contributed by atoms with Gasteiger partial charge in [-0.2, -0.15) is 0 Å². The van der Waals surface area contributed by atoms with Crippen LogP contribution >= 0.6 is 11.3 Å². The number of ether oxygens (including phenoxy) is 1. The molecule has 2 aromatic rings. The number of sulfonamides is 1. The Balaban J connectivity index is 2.32. The molecule has 0 fully saturated rings. The summed E-state index contributed by atoms with van der Waals surface area (Å²) in [5.41, 5.74) is 0.363. The number of carbonyl (C=O) groups is 1. The summed E-state index contributed by atoms with van der Waals surface area (Å²) >= 11 is 1.22. The van der Waals surface area contributed by atoms with Crippen LogP contribution in [-0.4, -0.2) is 34.5 Å². The summed E-state index contributed by atoms with van der Waals surface area (Å²) in [7, 11) is -0.809. The van der Waals surface area contributed by atoms with Gasteiger partial charge in [-0.3, -0.25) is 9.10 Å². The molecule has 1 atom stereocenters. The van der Waals surface area contributed by atoms with Crippen molar-refractivity contribution >= 4 is 33.0 Å². The predicted octanol–water partition coefficient (Wildman–Crippen LogP) is 3.11. The predicted molar refractivity (Wildman–Crippen MR) is 100 cm³/mol. The van der Waals surface area contributed by atoms with Gasteiger partial charge in [-0.05, 0) is 49.1 Å². The second-order valence-electron chi connectivity index (χ2n) is 5.57. The van der Waals surface area contributed by atoms with E-state index in [9.17, 15) is 13.2 Å². The van der Waals surface area contributed by atoms with Crippen molar-refractivity contribution in [3.05, 3.63) is 40.6 Å². The zero-order chi connectivity index (χ0) is 18.6. The molecule has 0 saturated carbocycles. The van der Waals surface area contributed by atoms with Gasteiger partial charge in [0.25, 0.3) is 15.9 Å². The van der Waals surface area contributed by atoms with Gasteiger partial charge in [0, 0.05) is 13.1 Å². The molecule has 0 radical (unpaired) electrons. The molecule has 6 nitrogen and oxygen atoms in total. The van der Waals surface area contributed by atoms with Crippen LogP contribution in [0.3, 0.4) is 0 Å². The molecule has 0 spiro atoms. The molecule has 1 aromatic heterocycles. The minimum Gasteiger partial charge on any atom is -0.497 e. The zero-order valence-electron chi connectivity index (χ0n) is 14.6. The number of rotatable bonds is 7. The van der Waals surface area contributed by atoms with Crippen molar-refractivity contribution in [2.75, 3.05) is 18.5 Å². The van der Waals surface area contributed by atoms with E-state index in [4.69, 9.17) is 4.74 Å². The Morgan fingerprint density at radius 2 is 1.92 bits per heavy atom. The number of carbonyl (C=O) groups excluding carboxylic acids is 1. The minimum atomic E-state index is -3.77. The lowest BCUT2D eigenvalue weighted by molar-refractivity contribution is 0.0944. The maximum absolute atomic E-state index is 12.8. The van der Waals surface area contributed by atoms with Crippen LogP contribution in [0, 0.1) is 0 Å². The Labute approximate surface area is 152 Å². The van der Waals surface area contributed by atoms with E-state index in [1.54, 1.807) is 23.6 Å². The number of nitrogens with one attached hydrogen (secondary N) is 1. The van der Waals surface area contributed by atoms with Gasteiger partial charge < -0.3 is 10.1 Å². The van der Waals surface area contributed by atoms with Gasteiger partial charge in [-0.15, -0.1) is 11.3 Å². The van der Waals surface area contributed by atoms with Gasteiger partial charge in [0.2, 0.25) is 0 Å². The number of methoxy groups -OCH3 is 1. The van der Waals surface area contributed by atoms with Crippen molar-refractivity contribution < 1.29 is 17.9 Å².